The first-order chi connectivity index (χ1) is 15.4. The zero-order valence-corrected chi connectivity index (χ0v) is 17.9. The molecule has 162 valence electrons. The lowest BCUT2D eigenvalue weighted by Gasteiger charge is -2.18. The third-order valence-corrected chi connectivity index (χ3v) is 5.56. The fraction of sp³-hybridized carbons (Fsp3) is 0.0952. The van der Waals surface area contributed by atoms with E-state index in [2.05, 4.69) is 10.3 Å². The number of nitro groups is 1. The highest BCUT2D eigenvalue weighted by Gasteiger charge is 2.26. The summed E-state index contributed by atoms with van der Waals surface area (Å²) in [6.45, 7) is 0. The summed E-state index contributed by atoms with van der Waals surface area (Å²) in [5.74, 6) is -1.28. The van der Waals surface area contributed by atoms with E-state index in [0.717, 1.165) is 11.0 Å². The number of carbonyl (C=O) groups excluding carboxylic acids is 2. The molecule has 0 aliphatic carbocycles. The van der Waals surface area contributed by atoms with E-state index >= 15 is 0 Å². The molecule has 2 aromatic carbocycles. The minimum absolute atomic E-state index is 0.0104. The number of carbonyl (C=O) groups is 2. The molecule has 1 atom stereocenters. The standard InChI is InChI=1S/C21H15ClN4O5S/c22-16-11-15(26(29)30)6-7-17(16)24-20(28)19(13-4-2-1-3-5-13)31-18(27)10-14-12-25-8-9-32-21(25)23-14/h1-9,11-12,19H,10H2,(H,24,28). The summed E-state index contributed by atoms with van der Waals surface area (Å²) in [5.41, 5.74) is 0.933. The molecule has 4 aromatic rings. The number of imidazole rings is 1. The molecular weight excluding hydrogens is 456 g/mol. The number of hydrogen-bond donors (Lipinski definition) is 1. The Morgan fingerprint density at radius 2 is 2.03 bits per heavy atom. The summed E-state index contributed by atoms with van der Waals surface area (Å²) >= 11 is 7.51. The minimum Gasteiger partial charge on any atom is -0.447 e. The summed E-state index contributed by atoms with van der Waals surface area (Å²) in [7, 11) is 0. The molecule has 9 nitrogen and oxygen atoms in total. The van der Waals surface area contributed by atoms with Crippen molar-refractivity contribution < 1.29 is 19.2 Å². The molecule has 0 aliphatic heterocycles. The van der Waals surface area contributed by atoms with Crippen LogP contribution in [0.4, 0.5) is 11.4 Å². The van der Waals surface area contributed by atoms with Crippen LogP contribution in [0.5, 0.6) is 0 Å². The van der Waals surface area contributed by atoms with Crippen molar-refractivity contribution >= 4 is 51.1 Å². The van der Waals surface area contributed by atoms with E-state index in [9.17, 15) is 19.7 Å². The molecule has 0 spiro atoms. The van der Waals surface area contributed by atoms with Crippen molar-refractivity contribution in [2.75, 3.05) is 5.32 Å². The molecule has 1 unspecified atom stereocenters. The minimum atomic E-state index is -1.25. The molecular formula is C21H15ClN4O5S. The third-order valence-electron chi connectivity index (χ3n) is 4.48. The van der Waals surface area contributed by atoms with Crippen molar-refractivity contribution in [3.05, 3.63) is 92.7 Å². The molecule has 0 fully saturated rings. The van der Waals surface area contributed by atoms with E-state index in [4.69, 9.17) is 16.3 Å². The van der Waals surface area contributed by atoms with Gasteiger partial charge in [0, 0.05) is 35.5 Å². The number of ether oxygens (including phenoxy) is 1. The van der Waals surface area contributed by atoms with E-state index in [1.807, 2.05) is 11.6 Å². The summed E-state index contributed by atoms with van der Waals surface area (Å²) in [5, 5.41) is 15.3. The zero-order chi connectivity index (χ0) is 22.7. The molecule has 1 amide bonds. The average Bonchev–Trinajstić information content (AvgIpc) is 3.35. The lowest BCUT2D eigenvalue weighted by atomic mass is 10.1. The van der Waals surface area contributed by atoms with Crippen LogP contribution < -0.4 is 5.32 Å². The lowest BCUT2D eigenvalue weighted by Crippen LogP contribution is -2.26. The Labute approximate surface area is 190 Å². The van der Waals surface area contributed by atoms with Gasteiger partial charge in [0.25, 0.3) is 11.6 Å². The molecule has 0 aliphatic rings. The van der Waals surface area contributed by atoms with E-state index in [1.165, 1.54) is 23.5 Å². The predicted octanol–water partition coefficient (Wildman–Crippen LogP) is 4.42. The number of esters is 1. The smallest absolute Gasteiger partial charge is 0.313 e. The number of halogens is 1. The van der Waals surface area contributed by atoms with Gasteiger partial charge in [-0.25, -0.2) is 4.98 Å². The first-order valence-corrected chi connectivity index (χ1v) is 10.6. The number of nitrogens with zero attached hydrogens (tertiary/aromatic N) is 3. The average molecular weight is 471 g/mol. The largest absolute Gasteiger partial charge is 0.447 e. The highest BCUT2D eigenvalue weighted by atomic mass is 35.5. The van der Waals surface area contributed by atoms with Crippen molar-refractivity contribution in [2.24, 2.45) is 0 Å². The Morgan fingerprint density at radius 3 is 2.72 bits per heavy atom. The van der Waals surface area contributed by atoms with Gasteiger partial charge in [-0.05, 0) is 6.07 Å². The normalized spacial score (nSPS) is 11.8. The topological polar surface area (TPSA) is 116 Å². The van der Waals surface area contributed by atoms with Gasteiger partial charge >= 0.3 is 5.97 Å². The van der Waals surface area contributed by atoms with Crippen LogP contribution >= 0.6 is 22.9 Å². The number of nitrogens with one attached hydrogen (secondary N) is 1. The Kier molecular flexibility index (Phi) is 6.15. The van der Waals surface area contributed by atoms with E-state index < -0.39 is 22.9 Å². The summed E-state index contributed by atoms with van der Waals surface area (Å²) in [4.78, 5) is 41.0. The van der Waals surface area contributed by atoms with Gasteiger partial charge in [-0.2, -0.15) is 0 Å². The van der Waals surface area contributed by atoms with Gasteiger partial charge in [0.05, 0.1) is 27.7 Å². The second kappa shape index (κ2) is 9.16. The van der Waals surface area contributed by atoms with Gasteiger partial charge in [-0.1, -0.05) is 41.9 Å². The molecule has 1 N–H and O–H groups in total. The first-order valence-electron chi connectivity index (χ1n) is 9.31. The van der Waals surface area contributed by atoms with Gasteiger partial charge < -0.3 is 10.1 Å². The number of aromatic nitrogens is 2. The van der Waals surface area contributed by atoms with E-state index in [0.29, 0.717) is 11.3 Å². The number of amides is 1. The fourth-order valence-corrected chi connectivity index (χ4v) is 3.94. The first kappa shape index (κ1) is 21.5. The molecule has 0 bridgehead atoms. The number of non-ortho nitro benzene ring substituents is 1. The SMILES string of the molecule is O=C(Cc1cn2ccsc2n1)OC(C(=O)Nc1ccc([N+](=O)[O-])cc1Cl)c1ccccc1. The highest BCUT2D eigenvalue weighted by Crippen LogP contribution is 2.28. The van der Waals surface area contributed by atoms with Crippen molar-refractivity contribution in [2.45, 2.75) is 12.5 Å². The van der Waals surface area contributed by atoms with Gasteiger partial charge in [0.15, 0.2) is 4.96 Å². The van der Waals surface area contributed by atoms with Gasteiger partial charge in [0.1, 0.15) is 0 Å². The van der Waals surface area contributed by atoms with Crippen LogP contribution in [0.2, 0.25) is 5.02 Å². The third kappa shape index (κ3) is 4.76. The van der Waals surface area contributed by atoms with Crippen LogP contribution in [0.3, 0.4) is 0 Å². The monoisotopic (exact) mass is 470 g/mol. The number of anilines is 1. The number of rotatable bonds is 7. The number of benzene rings is 2. The maximum atomic E-state index is 13.0. The fourth-order valence-electron chi connectivity index (χ4n) is 3.00. The number of thiazole rings is 1. The van der Waals surface area contributed by atoms with Crippen molar-refractivity contribution in [1.29, 1.82) is 0 Å². The van der Waals surface area contributed by atoms with Crippen LogP contribution in [-0.2, 0) is 20.7 Å². The zero-order valence-electron chi connectivity index (χ0n) is 16.3. The number of nitro benzene ring substituents is 1. The summed E-state index contributed by atoms with van der Waals surface area (Å²) in [6.07, 6.45) is 2.19. The molecule has 4 rings (SSSR count). The Balaban J connectivity index is 1.52. The summed E-state index contributed by atoms with van der Waals surface area (Å²) in [6, 6.07) is 12.2. The number of hydrogen-bond acceptors (Lipinski definition) is 7. The molecule has 2 heterocycles. The molecule has 0 saturated heterocycles. The van der Waals surface area contributed by atoms with E-state index in [-0.39, 0.29) is 22.8 Å². The van der Waals surface area contributed by atoms with Crippen LogP contribution in [0, 0.1) is 10.1 Å². The molecule has 0 radical (unpaired) electrons. The Bertz CT molecular complexity index is 1280. The maximum absolute atomic E-state index is 13.0. The van der Waals surface area contributed by atoms with Crippen LogP contribution in [0.25, 0.3) is 4.96 Å². The predicted molar refractivity (Wildman–Crippen MR) is 119 cm³/mol. The molecule has 0 saturated carbocycles. The van der Waals surface area contributed by atoms with E-state index in [1.54, 1.807) is 40.9 Å². The highest BCUT2D eigenvalue weighted by molar-refractivity contribution is 7.15. The van der Waals surface area contributed by atoms with Crippen LogP contribution in [-0.4, -0.2) is 26.2 Å². The van der Waals surface area contributed by atoms with Gasteiger partial charge in [0.2, 0.25) is 6.10 Å². The summed E-state index contributed by atoms with van der Waals surface area (Å²) < 4.78 is 7.30. The van der Waals surface area contributed by atoms with Crippen molar-refractivity contribution in [3.8, 4) is 0 Å². The lowest BCUT2D eigenvalue weighted by molar-refractivity contribution is -0.384. The van der Waals surface area contributed by atoms with Crippen LogP contribution in [0.15, 0.2) is 66.3 Å². The van der Waals surface area contributed by atoms with Crippen LogP contribution in [0.1, 0.15) is 17.4 Å². The second-order valence-electron chi connectivity index (χ2n) is 6.69. The molecule has 2 aromatic heterocycles. The van der Waals surface area contributed by atoms with Gasteiger partial charge in [-0.15, -0.1) is 11.3 Å². The second-order valence-corrected chi connectivity index (χ2v) is 7.97. The maximum Gasteiger partial charge on any atom is 0.313 e. The number of fused-ring (bicyclic) bond motifs is 1. The Hall–Kier alpha value is -3.76. The molecule has 11 heteroatoms. The Morgan fingerprint density at radius 1 is 1.25 bits per heavy atom. The quantitative estimate of drug-likeness (QED) is 0.243. The molecule has 32 heavy (non-hydrogen) atoms. The van der Waals surface area contributed by atoms with Crippen molar-refractivity contribution in [1.82, 2.24) is 9.38 Å². The van der Waals surface area contributed by atoms with Gasteiger partial charge in [-0.3, -0.25) is 24.1 Å². The van der Waals surface area contributed by atoms with Crippen molar-refractivity contribution in [3.63, 3.8) is 0 Å².